The second-order valence-corrected chi connectivity index (χ2v) is 4.01. The zero-order chi connectivity index (χ0) is 11.6. The van der Waals surface area contributed by atoms with Gasteiger partial charge in [0.2, 0.25) is 0 Å². The van der Waals surface area contributed by atoms with Crippen molar-refractivity contribution in [3.8, 4) is 0 Å². The van der Waals surface area contributed by atoms with Crippen LogP contribution in [0.15, 0.2) is 12.7 Å². The van der Waals surface area contributed by atoms with E-state index in [2.05, 4.69) is 6.58 Å². The average molecular weight is 226 g/mol. The predicted molar refractivity (Wildman–Crippen MR) is 53.6 cm³/mol. The molecule has 0 spiro atoms. The first-order valence-electron chi connectivity index (χ1n) is 5.29. The van der Waals surface area contributed by atoms with Gasteiger partial charge in [-0.15, -0.1) is 0 Å². The van der Waals surface area contributed by atoms with Crippen LogP contribution in [0.1, 0.15) is 19.3 Å². The third kappa shape index (κ3) is 1.95. The van der Waals surface area contributed by atoms with Gasteiger partial charge in [-0.05, 0) is 6.42 Å². The van der Waals surface area contributed by atoms with E-state index in [0.29, 0.717) is 25.9 Å². The summed E-state index contributed by atoms with van der Waals surface area (Å²) in [5.41, 5.74) is -0.808. The Morgan fingerprint density at radius 2 is 2.44 bits per heavy atom. The van der Waals surface area contributed by atoms with Crippen LogP contribution in [0.4, 0.5) is 0 Å². The highest BCUT2D eigenvalue weighted by Gasteiger charge is 2.50. The highest BCUT2D eigenvalue weighted by molar-refractivity contribution is 5.81. The third-order valence-corrected chi connectivity index (χ3v) is 2.96. The summed E-state index contributed by atoms with van der Waals surface area (Å²) in [7, 11) is 0. The van der Waals surface area contributed by atoms with Gasteiger partial charge in [0.25, 0.3) is 0 Å². The number of carbonyl (C=O) groups is 2. The zero-order valence-electron chi connectivity index (χ0n) is 8.94. The molecule has 0 radical (unpaired) electrons. The van der Waals surface area contributed by atoms with E-state index in [1.165, 1.54) is 0 Å². The van der Waals surface area contributed by atoms with E-state index >= 15 is 0 Å². The summed E-state index contributed by atoms with van der Waals surface area (Å²) in [4.78, 5) is 22.4. The maximum absolute atomic E-state index is 11.3. The summed E-state index contributed by atoms with van der Waals surface area (Å²) < 4.78 is 15.7. The topological polar surface area (TPSA) is 61.8 Å². The Bertz CT molecular complexity index is 316. The number of hydrogen-bond donors (Lipinski definition) is 0. The molecule has 0 amide bonds. The maximum Gasteiger partial charge on any atom is 0.330 e. The van der Waals surface area contributed by atoms with Gasteiger partial charge < -0.3 is 14.2 Å². The number of ether oxygens (including phenoxy) is 3. The van der Waals surface area contributed by atoms with Gasteiger partial charge in [0.05, 0.1) is 13.2 Å². The maximum atomic E-state index is 11.3. The van der Waals surface area contributed by atoms with Gasteiger partial charge in [-0.3, -0.25) is 4.79 Å². The molecule has 2 heterocycles. The van der Waals surface area contributed by atoms with Gasteiger partial charge in [0.15, 0.2) is 5.60 Å². The molecule has 16 heavy (non-hydrogen) atoms. The molecule has 0 aromatic carbocycles. The summed E-state index contributed by atoms with van der Waals surface area (Å²) in [6.45, 7) is 4.15. The SMILES string of the molecule is C=CC(=O)OC1(C2CCC(=O)O2)CCOC1. The number of hydrogen-bond acceptors (Lipinski definition) is 5. The summed E-state index contributed by atoms with van der Waals surface area (Å²) in [5.74, 6) is -0.751. The van der Waals surface area contributed by atoms with E-state index in [9.17, 15) is 9.59 Å². The van der Waals surface area contributed by atoms with Gasteiger partial charge in [-0.2, -0.15) is 0 Å². The van der Waals surface area contributed by atoms with Crippen molar-refractivity contribution in [2.45, 2.75) is 31.0 Å². The van der Waals surface area contributed by atoms with Gasteiger partial charge in [0, 0.05) is 18.9 Å². The van der Waals surface area contributed by atoms with Crippen LogP contribution in [0.25, 0.3) is 0 Å². The van der Waals surface area contributed by atoms with Crippen LogP contribution >= 0.6 is 0 Å². The van der Waals surface area contributed by atoms with Crippen molar-refractivity contribution in [1.29, 1.82) is 0 Å². The summed E-state index contributed by atoms with van der Waals surface area (Å²) in [6.07, 6.45) is 2.23. The van der Waals surface area contributed by atoms with Gasteiger partial charge in [-0.25, -0.2) is 4.79 Å². The molecule has 2 saturated heterocycles. The molecule has 0 bridgehead atoms. The lowest BCUT2D eigenvalue weighted by molar-refractivity contribution is -0.175. The van der Waals surface area contributed by atoms with E-state index in [1.807, 2.05) is 0 Å². The lowest BCUT2D eigenvalue weighted by Crippen LogP contribution is -2.46. The van der Waals surface area contributed by atoms with Crippen molar-refractivity contribution in [1.82, 2.24) is 0 Å². The molecule has 2 fully saturated rings. The van der Waals surface area contributed by atoms with Crippen molar-refractivity contribution in [2.75, 3.05) is 13.2 Å². The third-order valence-electron chi connectivity index (χ3n) is 2.96. The van der Waals surface area contributed by atoms with E-state index < -0.39 is 11.6 Å². The van der Waals surface area contributed by atoms with E-state index in [-0.39, 0.29) is 18.7 Å². The predicted octanol–water partition coefficient (Wildman–Crippen LogP) is 0.580. The Labute approximate surface area is 93.4 Å². The molecule has 0 aromatic heterocycles. The molecule has 0 aliphatic carbocycles. The van der Waals surface area contributed by atoms with Crippen molar-refractivity contribution in [3.63, 3.8) is 0 Å². The first-order chi connectivity index (χ1) is 7.66. The molecule has 2 unspecified atom stereocenters. The van der Waals surface area contributed by atoms with Crippen molar-refractivity contribution < 1.29 is 23.8 Å². The van der Waals surface area contributed by atoms with Crippen LogP contribution in [0, 0.1) is 0 Å². The fourth-order valence-electron chi connectivity index (χ4n) is 2.10. The minimum absolute atomic E-state index is 0.245. The Hall–Kier alpha value is -1.36. The lowest BCUT2D eigenvalue weighted by atomic mass is 9.93. The highest BCUT2D eigenvalue weighted by Crippen LogP contribution is 2.35. The Kier molecular flexibility index (Phi) is 2.96. The number of carbonyl (C=O) groups excluding carboxylic acids is 2. The molecule has 0 N–H and O–H groups in total. The fourth-order valence-corrected chi connectivity index (χ4v) is 2.10. The molecule has 2 rings (SSSR count). The second kappa shape index (κ2) is 4.25. The van der Waals surface area contributed by atoms with Crippen LogP contribution in [0.3, 0.4) is 0 Å². The van der Waals surface area contributed by atoms with Crippen LogP contribution < -0.4 is 0 Å². The molecular weight excluding hydrogens is 212 g/mol. The van der Waals surface area contributed by atoms with E-state index in [4.69, 9.17) is 14.2 Å². The minimum Gasteiger partial charge on any atom is -0.458 e. The molecule has 88 valence electrons. The first-order valence-corrected chi connectivity index (χ1v) is 5.29. The molecule has 5 nitrogen and oxygen atoms in total. The number of rotatable bonds is 3. The standard InChI is InChI=1S/C11H14O5/c1-2-9(12)16-11(5-6-14-7-11)8-3-4-10(13)15-8/h2,8H,1,3-7H2. The monoisotopic (exact) mass is 226 g/mol. The summed E-state index contributed by atoms with van der Waals surface area (Å²) in [6, 6.07) is 0. The molecule has 2 aliphatic rings. The highest BCUT2D eigenvalue weighted by atomic mass is 16.6. The van der Waals surface area contributed by atoms with E-state index in [1.54, 1.807) is 0 Å². The van der Waals surface area contributed by atoms with Crippen LogP contribution in [0.2, 0.25) is 0 Å². The van der Waals surface area contributed by atoms with Crippen molar-refractivity contribution >= 4 is 11.9 Å². The fraction of sp³-hybridized carbons (Fsp3) is 0.636. The van der Waals surface area contributed by atoms with Gasteiger partial charge >= 0.3 is 11.9 Å². The molecule has 0 aromatic rings. The molecule has 5 heteroatoms. The molecule has 2 atom stereocenters. The normalized spacial score (nSPS) is 33.5. The average Bonchev–Trinajstić information content (AvgIpc) is 2.88. The number of esters is 2. The van der Waals surface area contributed by atoms with Crippen molar-refractivity contribution in [3.05, 3.63) is 12.7 Å². The molecule has 2 aliphatic heterocycles. The second-order valence-electron chi connectivity index (χ2n) is 4.01. The lowest BCUT2D eigenvalue weighted by Gasteiger charge is -2.31. The summed E-state index contributed by atoms with van der Waals surface area (Å²) >= 11 is 0. The smallest absolute Gasteiger partial charge is 0.330 e. The Morgan fingerprint density at radius 3 is 2.94 bits per heavy atom. The van der Waals surface area contributed by atoms with Crippen LogP contribution in [0.5, 0.6) is 0 Å². The van der Waals surface area contributed by atoms with Gasteiger partial charge in [0.1, 0.15) is 6.10 Å². The Balaban J connectivity index is 2.11. The minimum atomic E-state index is -0.808. The van der Waals surface area contributed by atoms with Crippen molar-refractivity contribution in [2.24, 2.45) is 0 Å². The van der Waals surface area contributed by atoms with Crippen LogP contribution in [-0.4, -0.2) is 36.9 Å². The van der Waals surface area contributed by atoms with E-state index in [0.717, 1.165) is 6.08 Å². The zero-order valence-corrected chi connectivity index (χ0v) is 8.94. The quantitative estimate of drug-likeness (QED) is 0.520. The van der Waals surface area contributed by atoms with Crippen LogP contribution in [-0.2, 0) is 23.8 Å². The summed E-state index contributed by atoms with van der Waals surface area (Å²) in [5, 5.41) is 0. The van der Waals surface area contributed by atoms with Gasteiger partial charge in [-0.1, -0.05) is 6.58 Å². The first kappa shape index (κ1) is 11.1. The number of cyclic esters (lactones) is 1. The Morgan fingerprint density at radius 1 is 1.62 bits per heavy atom. The molecular formula is C11H14O5. The largest absolute Gasteiger partial charge is 0.458 e. The molecule has 0 saturated carbocycles.